The van der Waals surface area contributed by atoms with Crippen LogP contribution in [-0.2, 0) is 14.8 Å². The molecule has 0 aliphatic heterocycles. The molecule has 1 aromatic carbocycles. The highest BCUT2D eigenvalue weighted by molar-refractivity contribution is 7.89. The van der Waals surface area contributed by atoms with E-state index in [0.29, 0.717) is 19.6 Å². The number of hydrogen-bond donors (Lipinski definition) is 2. The molecule has 0 bridgehead atoms. The minimum Gasteiger partial charge on any atom is -0.385 e. The van der Waals surface area contributed by atoms with Gasteiger partial charge in [0.25, 0.3) is 5.69 Å². The standard InChI is InChI=1S/C10H15N3O5S/c1-18-6-2-5-12-9-4-3-8(19(11,16)17)7-10(9)13(14)15/h3-4,7,12H,2,5-6H2,1H3,(H2,11,16,17). The molecule has 19 heavy (non-hydrogen) atoms. The van der Waals surface area contributed by atoms with Gasteiger partial charge in [-0.15, -0.1) is 0 Å². The van der Waals surface area contributed by atoms with Gasteiger partial charge in [-0.25, -0.2) is 13.6 Å². The first-order valence-electron chi connectivity index (χ1n) is 5.40. The van der Waals surface area contributed by atoms with E-state index in [1.807, 2.05) is 0 Å². The summed E-state index contributed by atoms with van der Waals surface area (Å²) in [5.74, 6) is 0. The number of benzene rings is 1. The van der Waals surface area contributed by atoms with Gasteiger partial charge in [0.2, 0.25) is 10.0 Å². The second-order valence-corrected chi connectivity index (χ2v) is 5.32. The van der Waals surface area contributed by atoms with Crippen molar-refractivity contribution < 1.29 is 18.1 Å². The number of hydrogen-bond acceptors (Lipinski definition) is 6. The Labute approximate surface area is 110 Å². The van der Waals surface area contributed by atoms with Crippen molar-refractivity contribution >= 4 is 21.4 Å². The number of primary sulfonamides is 1. The van der Waals surface area contributed by atoms with Crippen molar-refractivity contribution in [3.05, 3.63) is 28.3 Å². The molecule has 9 heteroatoms. The van der Waals surface area contributed by atoms with Crippen molar-refractivity contribution in [1.29, 1.82) is 0 Å². The number of nitrogens with zero attached hydrogens (tertiary/aromatic N) is 1. The molecule has 0 fully saturated rings. The summed E-state index contributed by atoms with van der Waals surface area (Å²) in [4.78, 5) is 9.95. The van der Waals surface area contributed by atoms with Gasteiger partial charge in [0.15, 0.2) is 0 Å². The van der Waals surface area contributed by atoms with Crippen LogP contribution < -0.4 is 10.5 Å². The fraction of sp³-hybridized carbons (Fsp3) is 0.400. The van der Waals surface area contributed by atoms with Gasteiger partial charge in [-0.05, 0) is 18.6 Å². The third-order valence-corrected chi connectivity index (χ3v) is 3.25. The highest BCUT2D eigenvalue weighted by Gasteiger charge is 2.18. The van der Waals surface area contributed by atoms with E-state index in [0.717, 1.165) is 6.07 Å². The molecule has 0 heterocycles. The molecule has 1 aromatic rings. The summed E-state index contributed by atoms with van der Waals surface area (Å²) in [7, 11) is -2.40. The SMILES string of the molecule is COCCCNc1ccc(S(N)(=O)=O)cc1[N+](=O)[O-]. The zero-order valence-electron chi connectivity index (χ0n) is 10.3. The first-order chi connectivity index (χ1) is 8.86. The maximum absolute atomic E-state index is 11.1. The molecule has 0 amide bonds. The molecule has 0 aromatic heterocycles. The Morgan fingerprint density at radius 2 is 2.16 bits per heavy atom. The number of nitrogens with one attached hydrogen (secondary N) is 1. The van der Waals surface area contributed by atoms with Crippen LogP contribution in [0.4, 0.5) is 11.4 Å². The largest absolute Gasteiger partial charge is 0.385 e. The molecular weight excluding hydrogens is 274 g/mol. The maximum atomic E-state index is 11.1. The molecule has 0 saturated heterocycles. The van der Waals surface area contributed by atoms with E-state index >= 15 is 0 Å². The van der Waals surface area contributed by atoms with E-state index in [9.17, 15) is 18.5 Å². The molecule has 0 aliphatic carbocycles. The minimum absolute atomic E-state index is 0.244. The summed E-state index contributed by atoms with van der Waals surface area (Å²) in [6.45, 7) is 0.999. The molecule has 0 saturated carbocycles. The maximum Gasteiger partial charge on any atom is 0.293 e. The molecular formula is C10H15N3O5S. The molecule has 3 N–H and O–H groups in total. The number of anilines is 1. The smallest absolute Gasteiger partial charge is 0.293 e. The highest BCUT2D eigenvalue weighted by atomic mass is 32.2. The molecule has 8 nitrogen and oxygen atoms in total. The fourth-order valence-electron chi connectivity index (χ4n) is 1.43. The quantitative estimate of drug-likeness (QED) is 0.432. The molecule has 0 atom stereocenters. The topological polar surface area (TPSA) is 125 Å². The number of ether oxygens (including phenoxy) is 1. The number of nitrogens with two attached hydrogens (primary N) is 1. The molecule has 106 valence electrons. The Hall–Kier alpha value is -1.71. The average Bonchev–Trinajstić information content (AvgIpc) is 2.33. The van der Waals surface area contributed by atoms with E-state index in [1.165, 1.54) is 12.1 Å². The second-order valence-electron chi connectivity index (χ2n) is 3.75. The van der Waals surface area contributed by atoms with Crippen LogP contribution in [0.15, 0.2) is 23.1 Å². The number of rotatable bonds is 7. The van der Waals surface area contributed by atoms with Gasteiger partial charge in [0.05, 0.1) is 9.82 Å². The zero-order valence-corrected chi connectivity index (χ0v) is 11.1. The third kappa shape index (κ3) is 4.47. The van der Waals surface area contributed by atoms with Crippen molar-refractivity contribution in [2.75, 3.05) is 25.6 Å². The molecule has 0 aliphatic rings. The van der Waals surface area contributed by atoms with Crippen molar-refractivity contribution in [3.63, 3.8) is 0 Å². The molecule has 0 radical (unpaired) electrons. The summed E-state index contributed by atoms with van der Waals surface area (Å²) in [5, 5.41) is 18.7. The van der Waals surface area contributed by atoms with Crippen molar-refractivity contribution in [2.24, 2.45) is 5.14 Å². The van der Waals surface area contributed by atoms with E-state index in [-0.39, 0.29) is 16.3 Å². The Bertz CT molecular complexity index is 558. The molecule has 0 unspecified atom stereocenters. The van der Waals surface area contributed by atoms with E-state index in [2.05, 4.69) is 5.32 Å². The zero-order chi connectivity index (χ0) is 14.5. The van der Waals surface area contributed by atoms with Crippen molar-refractivity contribution in [2.45, 2.75) is 11.3 Å². The van der Waals surface area contributed by atoms with Crippen LogP contribution in [-0.4, -0.2) is 33.6 Å². The Balaban J connectivity index is 2.96. The molecule has 0 spiro atoms. The van der Waals surface area contributed by atoms with E-state index < -0.39 is 14.9 Å². The van der Waals surface area contributed by atoms with Crippen LogP contribution >= 0.6 is 0 Å². The van der Waals surface area contributed by atoms with Crippen LogP contribution in [0.3, 0.4) is 0 Å². The second kappa shape index (κ2) is 6.45. The molecule has 1 rings (SSSR count). The first-order valence-corrected chi connectivity index (χ1v) is 6.95. The lowest BCUT2D eigenvalue weighted by Gasteiger charge is -2.07. The Morgan fingerprint density at radius 1 is 1.47 bits per heavy atom. The van der Waals surface area contributed by atoms with Gasteiger partial charge in [-0.2, -0.15) is 0 Å². The Kier molecular flexibility index (Phi) is 5.21. The predicted molar refractivity (Wildman–Crippen MR) is 69.5 cm³/mol. The van der Waals surface area contributed by atoms with Crippen LogP contribution in [0, 0.1) is 10.1 Å². The van der Waals surface area contributed by atoms with Crippen LogP contribution in [0.5, 0.6) is 0 Å². The number of nitro groups is 1. The first kappa shape index (κ1) is 15.3. The van der Waals surface area contributed by atoms with E-state index in [1.54, 1.807) is 7.11 Å². The van der Waals surface area contributed by atoms with E-state index in [4.69, 9.17) is 9.88 Å². The van der Waals surface area contributed by atoms with Gasteiger partial charge < -0.3 is 10.1 Å². The van der Waals surface area contributed by atoms with Gasteiger partial charge in [-0.1, -0.05) is 0 Å². The van der Waals surface area contributed by atoms with Crippen LogP contribution in [0.25, 0.3) is 0 Å². The van der Waals surface area contributed by atoms with Gasteiger partial charge in [-0.3, -0.25) is 10.1 Å². The summed E-state index contributed by atoms with van der Waals surface area (Å²) in [6, 6.07) is 3.49. The lowest BCUT2D eigenvalue weighted by atomic mass is 10.2. The lowest BCUT2D eigenvalue weighted by Crippen LogP contribution is -2.13. The summed E-state index contributed by atoms with van der Waals surface area (Å²) in [5.41, 5.74) is -0.0857. The Morgan fingerprint density at radius 3 is 2.68 bits per heavy atom. The predicted octanol–water partition coefficient (Wildman–Crippen LogP) is 0.691. The highest BCUT2D eigenvalue weighted by Crippen LogP contribution is 2.26. The lowest BCUT2D eigenvalue weighted by molar-refractivity contribution is -0.384. The normalized spacial score (nSPS) is 11.3. The van der Waals surface area contributed by atoms with Crippen LogP contribution in [0.1, 0.15) is 6.42 Å². The summed E-state index contributed by atoms with van der Waals surface area (Å²) >= 11 is 0. The number of sulfonamides is 1. The monoisotopic (exact) mass is 289 g/mol. The van der Waals surface area contributed by atoms with Gasteiger partial charge in [0, 0.05) is 26.3 Å². The third-order valence-electron chi connectivity index (χ3n) is 2.34. The number of nitro benzene ring substituents is 1. The van der Waals surface area contributed by atoms with Gasteiger partial charge in [0.1, 0.15) is 5.69 Å². The van der Waals surface area contributed by atoms with Crippen molar-refractivity contribution in [3.8, 4) is 0 Å². The fourth-order valence-corrected chi connectivity index (χ4v) is 1.96. The minimum atomic E-state index is -3.96. The van der Waals surface area contributed by atoms with Crippen LogP contribution in [0.2, 0.25) is 0 Å². The average molecular weight is 289 g/mol. The summed E-state index contributed by atoms with van der Waals surface area (Å²) in [6.07, 6.45) is 0.671. The summed E-state index contributed by atoms with van der Waals surface area (Å²) < 4.78 is 27.1. The van der Waals surface area contributed by atoms with Crippen molar-refractivity contribution in [1.82, 2.24) is 0 Å². The van der Waals surface area contributed by atoms with Gasteiger partial charge >= 0.3 is 0 Å². The number of methoxy groups -OCH3 is 1.